The molecule has 1 heterocycles. The molecule has 1 amide bonds. The van der Waals surface area contributed by atoms with E-state index in [1.54, 1.807) is 0 Å². The van der Waals surface area contributed by atoms with Crippen molar-refractivity contribution in [3.8, 4) is 0 Å². The molecule has 2 N–H and O–H groups in total. The SMILES string of the molecule is CSCCCCNC(=O)C1CCCCCN1. The maximum absolute atomic E-state index is 11.8. The number of carbonyl (C=O) groups is 1. The minimum atomic E-state index is 0.0584. The van der Waals surface area contributed by atoms with E-state index in [1.807, 2.05) is 11.8 Å². The molecule has 0 aliphatic carbocycles. The number of hydrogen-bond donors (Lipinski definition) is 2. The number of unbranched alkanes of at least 4 members (excludes halogenated alkanes) is 1. The molecule has 0 bridgehead atoms. The zero-order valence-electron chi connectivity index (χ0n) is 10.3. The van der Waals surface area contributed by atoms with Gasteiger partial charge in [0, 0.05) is 6.54 Å². The standard InChI is InChI=1S/C12H24N2OS/c1-16-10-6-5-9-14-12(15)11-7-3-2-4-8-13-11/h11,13H,2-10H2,1H3,(H,14,15). The molecule has 1 atom stereocenters. The predicted octanol–water partition coefficient (Wildman–Crippen LogP) is 1.78. The van der Waals surface area contributed by atoms with Gasteiger partial charge in [0.25, 0.3) is 0 Å². The van der Waals surface area contributed by atoms with Crippen LogP contribution in [0.3, 0.4) is 0 Å². The molecule has 3 nitrogen and oxygen atoms in total. The third kappa shape index (κ3) is 5.75. The van der Waals surface area contributed by atoms with Crippen molar-refractivity contribution in [1.82, 2.24) is 10.6 Å². The number of nitrogens with one attached hydrogen (secondary N) is 2. The fourth-order valence-electron chi connectivity index (χ4n) is 1.96. The number of amides is 1. The zero-order chi connectivity index (χ0) is 11.6. The van der Waals surface area contributed by atoms with Crippen LogP contribution >= 0.6 is 11.8 Å². The summed E-state index contributed by atoms with van der Waals surface area (Å²) in [6.45, 7) is 1.82. The van der Waals surface area contributed by atoms with Crippen LogP contribution in [0.15, 0.2) is 0 Å². The largest absolute Gasteiger partial charge is 0.355 e. The molecule has 0 saturated carbocycles. The molecule has 1 unspecified atom stereocenters. The fourth-order valence-corrected chi connectivity index (χ4v) is 2.45. The molecule has 1 aliphatic rings. The second-order valence-electron chi connectivity index (χ2n) is 4.35. The van der Waals surface area contributed by atoms with E-state index in [4.69, 9.17) is 0 Å². The Bertz CT molecular complexity index is 191. The molecule has 0 spiro atoms. The quantitative estimate of drug-likeness (QED) is 0.700. The monoisotopic (exact) mass is 244 g/mol. The smallest absolute Gasteiger partial charge is 0.237 e. The lowest BCUT2D eigenvalue weighted by atomic mass is 10.1. The van der Waals surface area contributed by atoms with Gasteiger partial charge < -0.3 is 10.6 Å². The summed E-state index contributed by atoms with van der Waals surface area (Å²) < 4.78 is 0. The maximum atomic E-state index is 11.8. The van der Waals surface area contributed by atoms with Crippen molar-refractivity contribution in [1.29, 1.82) is 0 Å². The summed E-state index contributed by atoms with van der Waals surface area (Å²) in [5.74, 6) is 1.39. The molecule has 0 aromatic heterocycles. The molecule has 94 valence electrons. The Morgan fingerprint density at radius 2 is 2.25 bits per heavy atom. The lowest BCUT2D eigenvalue weighted by molar-refractivity contribution is -0.123. The van der Waals surface area contributed by atoms with Gasteiger partial charge in [-0.3, -0.25) is 4.79 Å². The molecule has 1 aliphatic heterocycles. The van der Waals surface area contributed by atoms with Crippen LogP contribution in [-0.4, -0.2) is 37.0 Å². The Morgan fingerprint density at radius 1 is 1.38 bits per heavy atom. The minimum absolute atomic E-state index is 0.0584. The first-order chi connectivity index (χ1) is 7.84. The van der Waals surface area contributed by atoms with Crippen molar-refractivity contribution in [3.63, 3.8) is 0 Å². The van der Waals surface area contributed by atoms with Gasteiger partial charge >= 0.3 is 0 Å². The van der Waals surface area contributed by atoms with Crippen LogP contribution in [0.1, 0.15) is 38.5 Å². The molecule has 0 radical (unpaired) electrons. The zero-order valence-corrected chi connectivity index (χ0v) is 11.1. The third-order valence-corrected chi connectivity index (χ3v) is 3.65. The van der Waals surface area contributed by atoms with E-state index in [0.29, 0.717) is 0 Å². The highest BCUT2D eigenvalue weighted by Gasteiger charge is 2.18. The second kappa shape index (κ2) is 8.88. The van der Waals surface area contributed by atoms with E-state index < -0.39 is 0 Å². The van der Waals surface area contributed by atoms with Crippen molar-refractivity contribution in [2.45, 2.75) is 44.6 Å². The Kier molecular flexibility index (Phi) is 7.68. The molecule has 1 rings (SSSR count). The van der Waals surface area contributed by atoms with E-state index >= 15 is 0 Å². The Labute approximate surface area is 103 Å². The van der Waals surface area contributed by atoms with E-state index in [9.17, 15) is 4.79 Å². The van der Waals surface area contributed by atoms with Gasteiger partial charge in [0.2, 0.25) is 5.91 Å². The lowest BCUT2D eigenvalue weighted by Crippen LogP contribution is -2.44. The van der Waals surface area contributed by atoms with Crippen molar-refractivity contribution in [2.75, 3.05) is 25.1 Å². The first kappa shape index (κ1) is 13.8. The summed E-state index contributed by atoms with van der Waals surface area (Å²) in [6, 6.07) is 0.0584. The van der Waals surface area contributed by atoms with Crippen LogP contribution in [0.2, 0.25) is 0 Å². The number of thioether (sulfide) groups is 1. The van der Waals surface area contributed by atoms with E-state index in [1.165, 1.54) is 31.4 Å². The van der Waals surface area contributed by atoms with Crippen LogP contribution in [0.4, 0.5) is 0 Å². The summed E-state index contributed by atoms with van der Waals surface area (Å²) in [5.41, 5.74) is 0. The summed E-state index contributed by atoms with van der Waals surface area (Å²) in [4.78, 5) is 11.8. The molecule has 1 saturated heterocycles. The van der Waals surface area contributed by atoms with Crippen LogP contribution in [0.25, 0.3) is 0 Å². The van der Waals surface area contributed by atoms with Gasteiger partial charge in [0.1, 0.15) is 0 Å². The third-order valence-electron chi connectivity index (χ3n) is 2.95. The topological polar surface area (TPSA) is 41.1 Å². The Morgan fingerprint density at radius 3 is 3.06 bits per heavy atom. The average molecular weight is 244 g/mol. The van der Waals surface area contributed by atoms with Gasteiger partial charge in [-0.15, -0.1) is 0 Å². The summed E-state index contributed by atoms with van der Waals surface area (Å²) in [5, 5.41) is 6.35. The highest BCUT2D eigenvalue weighted by molar-refractivity contribution is 7.98. The molecular weight excluding hydrogens is 220 g/mol. The second-order valence-corrected chi connectivity index (χ2v) is 5.33. The highest BCUT2D eigenvalue weighted by atomic mass is 32.2. The molecule has 0 aromatic rings. The van der Waals surface area contributed by atoms with Crippen molar-refractivity contribution < 1.29 is 4.79 Å². The molecular formula is C12H24N2OS. The highest BCUT2D eigenvalue weighted by Crippen LogP contribution is 2.08. The first-order valence-corrected chi connectivity index (χ1v) is 7.74. The minimum Gasteiger partial charge on any atom is -0.355 e. The number of hydrogen-bond acceptors (Lipinski definition) is 3. The summed E-state index contributed by atoms with van der Waals surface area (Å²) in [7, 11) is 0. The number of rotatable bonds is 6. The summed E-state index contributed by atoms with van der Waals surface area (Å²) >= 11 is 1.87. The van der Waals surface area contributed by atoms with Crippen molar-refractivity contribution in [3.05, 3.63) is 0 Å². The van der Waals surface area contributed by atoms with Crippen LogP contribution in [0.5, 0.6) is 0 Å². The molecule has 1 fully saturated rings. The predicted molar refractivity (Wildman–Crippen MR) is 70.9 cm³/mol. The van der Waals surface area contributed by atoms with E-state index in [2.05, 4.69) is 16.9 Å². The average Bonchev–Trinajstić information content (AvgIpc) is 2.57. The maximum Gasteiger partial charge on any atom is 0.237 e. The van der Waals surface area contributed by atoms with Crippen LogP contribution in [0, 0.1) is 0 Å². The Hall–Kier alpha value is -0.220. The fraction of sp³-hybridized carbons (Fsp3) is 0.917. The van der Waals surface area contributed by atoms with Gasteiger partial charge in [-0.2, -0.15) is 11.8 Å². The van der Waals surface area contributed by atoms with Crippen molar-refractivity contribution >= 4 is 17.7 Å². The van der Waals surface area contributed by atoms with E-state index in [0.717, 1.165) is 25.9 Å². The first-order valence-electron chi connectivity index (χ1n) is 6.34. The van der Waals surface area contributed by atoms with Gasteiger partial charge in [-0.1, -0.05) is 12.8 Å². The summed E-state index contributed by atoms with van der Waals surface area (Å²) in [6.07, 6.45) is 9.04. The van der Waals surface area contributed by atoms with Crippen LogP contribution in [-0.2, 0) is 4.79 Å². The van der Waals surface area contributed by atoms with Gasteiger partial charge in [-0.05, 0) is 44.2 Å². The van der Waals surface area contributed by atoms with E-state index in [-0.39, 0.29) is 11.9 Å². The van der Waals surface area contributed by atoms with Crippen molar-refractivity contribution in [2.24, 2.45) is 0 Å². The van der Waals surface area contributed by atoms with Gasteiger partial charge in [-0.25, -0.2) is 0 Å². The lowest BCUT2D eigenvalue weighted by Gasteiger charge is -2.15. The Balaban J connectivity index is 2.08. The molecule has 0 aromatic carbocycles. The number of carbonyl (C=O) groups excluding carboxylic acids is 1. The normalized spacial score (nSPS) is 21.4. The van der Waals surface area contributed by atoms with Gasteiger partial charge in [0.05, 0.1) is 6.04 Å². The molecule has 16 heavy (non-hydrogen) atoms. The van der Waals surface area contributed by atoms with Gasteiger partial charge in [0.15, 0.2) is 0 Å². The van der Waals surface area contributed by atoms with Crippen LogP contribution < -0.4 is 10.6 Å². The molecule has 4 heteroatoms.